The van der Waals surface area contributed by atoms with Crippen LogP contribution in [-0.2, 0) is 6.42 Å². The molecule has 2 aromatic carbocycles. The summed E-state index contributed by atoms with van der Waals surface area (Å²) in [6.45, 7) is 8.13. The molecule has 1 aliphatic heterocycles. The number of carbonyl (C=O) groups is 1. The quantitative estimate of drug-likeness (QED) is 0.468. The van der Waals surface area contributed by atoms with Crippen molar-refractivity contribution in [2.45, 2.75) is 39.2 Å². The van der Waals surface area contributed by atoms with Gasteiger partial charge in [0.05, 0.1) is 5.52 Å². The molecular formula is C25H35Cl2N5O. The van der Waals surface area contributed by atoms with Gasteiger partial charge in [0.15, 0.2) is 5.69 Å². The van der Waals surface area contributed by atoms with Crippen LogP contribution in [0.4, 0.5) is 5.69 Å². The summed E-state index contributed by atoms with van der Waals surface area (Å²) in [7, 11) is 0. The summed E-state index contributed by atoms with van der Waals surface area (Å²) in [5.74, 6) is 0.455. The Morgan fingerprint density at radius 1 is 1.09 bits per heavy atom. The molecule has 33 heavy (non-hydrogen) atoms. The van der Waals surface area contributed by atoms with Crippen LogP contribution in [0.25, 0.3) is 10.9 Å². The lowest BCUT2D eigenvalue weighted by molar-refractivity contribution is 0.0932. The first-order valence-electron chi connectivity index (χ1n) is 11.3. The highest BCUT2D eigenvalue weighted by Gasteiger charge is 2.22. The molecule has 0 bridgehead atoms. The average Bonchev–Trinajstić information content (AvgIpc) is 3.18. The maximum absolute atomic E-state index is 12.9. The lowest BCUT2D eigenvalue weighted by atomic mass is 9.96. The first-order valence-corrected chi connectivity index (χ1v) is 11.3. The molecule has 3 aromatic rings. The molecule has 8 heteroatoms. The molecule has 0 atom stereocenters. The van der Waals surface area contributed by atoms with Crippen LogP contribution < -0.4 is 11.1 Å². The number of hydrogen-bond donors (Lipinski definition) is 2. The summed E-state index contributed by atoms with van der Waals surface area (Å²) in [5, 5.41) is 8.68. The van der Waals surface area contributed by atoms with Crippen molar-refractivity contribution in [2.24, 2.45) is 5.92 Å². The summed E-state index contributed by atoms with van der Waals surface area (Å²) < 4.78 is 1.93. The van der Waals surface area contributed by atoms with Gasteiger partial charge in [-0.2, -0.15) is 5.10 Å². The fraction of sp³-hybridized carbons (Fsp3) is 0.440. The Morgan fingerprint density at radius 3 is 2.42 bits per heavy atom. The van der Waals surface area contributed by atoms with Crippen LogP contribution in [-0.4, -0.2) is 46.8 Å². The zero-order valence-corrected chi connectivity index (χ0v) is 21.0. The second-order valence-electron chi connectivity index (χ2n) is 8.89. The van der Waals surface area contributed by atoms with Gasteiger partial charge >= 0.3 is 0 Å². The van der Waals surface area contributed by atoms with Crippen molar-refractivity contribution in [3.8, 4) is 0 Å². The molecule has 2 heterocycles. The van der Waals surface area contributed by atoms with Crippen molar-refractivity contribution in [3.05, 3.63) is 59.8 Å². The molecule has 1 amide bonds. The minimum Gasteiger partial charge on any atom is -0.399 e. The van der Waals surface area contributed by atoms with Crippen LogP contribution in [0, 0.1) is 5.92 Å². The first-order chi connectivity index (χ1) is 15.0. The number of halogens is 2. The van der Waals surface area contributed by atoms with Gasteiger partial charge in [-0.25, -0.2) is 0 Å². The van der Waals surface area contributed by atoms with Gasteiger partial charge in [0.2, 0.25) is 0 Å². The van der Waals surface area contributed by atoms with Crippen LogP contribution in [0.2, 0.25) is 0 Å². The predicted octanol–water partition coefficient (Wildman–Crippen LogP) is 4.73. The molecular weight excluding hydrogens is 457 g/mol. The van der Waals surface area contributed by atoms with Crippen LogP contribution >= 0.6 is 24.8 Å². The lowest BCUT2D eigenvalue weighted by Crippen LogP contribution is -2.39. The van der Waals surface area contributed by atoms with E-state index in [0.717, 1.165) is 55.5 Å². The molecule has 0 aliphatic carbocycles. The number of rotatable bonds is 7. The smallest absolute Gasteiger partial charge is 0.272 e. The van der Waals surface area contributed by atoms with Crippen LogP contribution in [0.15, 0.2) is 48.5 Å². The van der Waals surface area contributed by atoms with Crippen molar-refractivity contribution in [1.82, 2.24) is 20.0 Å². The van der Waals surface area contributed by atoms with Crippen molar-refractivity contribution < 1.29 is 4.79 Å². The largest absolute Gasteiger partial charge is 0.399 e. The maximum Gasteiger partial charge on any atom is 0.272 e. The maximum atomic E-state index is 12.9. The summed E-state index contributed by atoms with van der Waals surface area (Å²) in [6, 6.07) is 16.3. The van der Waals surface area contributed by atoms with E-state index in [2.05, 4.69) is 41.3 Å². The predicted molar refractivity (Wildman–Crippen MR) is 141 cm³/mol. The molecule has 1 saturated heterocycles. The summed E-state index contributed by atoms with van der Waals surface area (Å²) in [5.41, 5.74) is 9.45. The van der Waals surface area contributed by atoms with E-state index in [4.69, 9.17) is 5.73 Å². The average molecular weight is 492 g/mol. The Morgan fingerprint density at radius 2 is 1.76 bits per heavy atom. The Kier molecular flexibility index (Phi) is 10.0. The summed E-state index contributed by atoms with van der Waals surface area (Å²) >= 11 is 0. The number of hydrogen-bond acceptors (Lipinski definition) is 4. The number of nitrogens with two attached hydrogens (primary N) is 1. The van der Waals surface area contributed by atoms with Gasteiger partial charge in [-0.05, 0) is 75.9 Å². The molecule has 180 valence electrons. The molecule has 0 radical (unpaired) electrons. The highest BCUT2D eigenvalue weighted by atomic mass is 35.5. The van der Waals surface area contributed by atoms with Gasteiger partial charge in [-0.1, -0.05) is 30.3 Å². The number of nitrogens with one attached hydrogen (secondary N) is 1. The number of nitrogen functional groups attached to an aromatic ring is 1. The highest BCUT2D eigenvalue weighted by molar-refractivity contribution is 6.04. The Labute approximate surface area is 208 Å². The molecule has 1 aromatic heterocycles. The fourth-order valence-corrected chi connectivity index (χ4v) is 4.36. The standard InChI is InChI=1S/C25H33N5O.2ClH/c1-18(2)30-23-6-4-3-5-22(23)24(28-30)25(31)27-17-20-12-15-29(16-13-20)14-11-19-7-9-21(26)10-8-19;;/h3-10,18,20H,11-17,26H2,1-2H3,(H,27,31);2*1H. The molecule has 0 saturated carbocycles. The second kappa shape index (κ2) is 12.3. The zero-order valence-electron chi connectivity index (χ0n) is 19.4. The van der Waals surface area contributed by atoms with E-state index < -0.39 is 0 Å². The number of nitrogens with zero attached hydrogens (tertiary/aromatic N) is 3. The lowest BCUT2D eigenvalue weighted by Gasteiger charge is -2.32. The number of benzene rings is 2. The fourth-order valence-electron chi connectivity index (χ4n) is 4.36. The van der Waals surface area contributed by atoms with Crippen molar-refractivity contribution in [3.63, 3.8) is 0 Å². The van der Waals surface area contributed by atoms with Gasteiger partial charge < -0.3 is 16.0 Å². The van der Waals surface area contributed by atoms with Gasteiger partial charge in [0.1, 0.15) is 0 Å². The Hall–Kier alpha value is -2.28. The topological polar surface area (TPSA) is 76.2 Å². The monoisotopic (exact) mass is 491 g/mol. The number of aromatic nitrogens is 2. The number of fused-ring (bicyclic) bond motifs is 1. The minimum absolute atomic E-state index is 0. The number of para-hydroxylation sites is 1. The zero-order chi connectivity index (χ0) is 21.8. The summed E-state index contributed by atoms with van der Waals surface area (Å²) in [4.78, 5) is 15.4. The Balaban J connectivity index is 0.00000193. The van der Waals surface area contributed by atoms with Gasteiger partial charge in [-0.15, -0.1) is 24.8 Å². The van der Waals surface area contributed by atoms with E-state index in [-0.39, 0.29) is 36.8 Å². The van der Waals surface area contributed by atoms with E-state index in [1.54, 1.807) is 0 Å². The number of likely N-dealkylation sites (tertiary alicyclic amines) is 1. The highest BCUT2D eigenvalue weighted by Crippen LogP contribution is 2.22. The third kappa shape index (κ3) is 6.62. The molecule has 0 unspecified atom stereocenters. The Bertz CT molecular complexity index is 1030. The normalized spacial score (nSPS) is 14.6. The molecule has 3 N–H and O–H groups in total. The van der Waals surface area contributed by atoms with Crippen LogP contribution in [0.1, 0.15) is 48.8 Å². The molecule has 6 nitrogen and oxygen atoms in total. The van der Waals surface area contributed by atoms with E-state index in [1.807, 2.05) is 41.1 Å². The molecule has 4 rings (SSSR count). The van der Waals surface area contributed by atoms with Gasteiger partial charge in [0, 0.05) is 30.2 Å². The van der Waals surface area contributed by atoms with Gasteiger partial charge in [-0.3, -0.25) is 9.48 Å². The molecule has 1 aliphatic rings. The van der Waals surface area contributed by atoms with E-state index >= 15 is 0 Å². The van der Waals surface area contributed by atoms with Crippen LogP contribution in [0.3, 0.4) is 0 Å². The third-order valence-electron chi connectivity index (χ3n) is 6.27. The molecule has 1 fully saturated rings. The molecule has 0 spiro atoms. The van der Waals surface area contributed by atoms with Crippen LogP contribution in [0.5, 0.6) is 0 Å². The van der Waals surface area contributed by atoms with Crippen molar-refractivity contribution in [1.29, 1.82) is 0 Å². The minimum atomic E-state index is -0.0682. The van der Waals surface area contributed by atoms with E-state index in [1.165, 1.54) is 5.56 Å². The number of anilines is 1. The van der Waals surface area contributed by atoms with Crippen molar-refractivity contribution >= 4 is 47.3 Å². The van der Waals surface area contributed by atoms with E-state index in [9.17, 15) is 4.79 Å². The number of piperidine rings is 1. The second-order valence-corrected chi connectivity index (χ2v) is 8.89. The number of carbonyl (C=O) groups excluding carboxylic acids is 1. The first kappa shape index (κ1) is 27.0. The van der Waals surface area contributed by atoms with Crippen molar-refractivity contribution in [2.75, 3.05) is 31.9 Å². The third-order valence-corrected chi connectivity index (χ3v) is 6.27. The SMILES string of the molecule is CC(C)n1nc(C(=O)NCC2CCN(CCc3ccc(N)cc3)CC2)c2ccccc21.Cl.Cl. The summed E-state index contributed by atoms with van der Waals surface area (Å²) in [6.07, 6.45) is 3.28. The van der Waals surface area contributed by atoms with Gasteiger partial charge in [0.25, 0.3) is 5.91 Å². The van der Waals surface area contributed by atoms with E-state index in [0.29, 0.717) is 18.2 Å². The number of amides is 1.